The van der Waals surface area contributed by atoms with Crippen LogP contribution in [-0.4, -0.2) is 52.0 Å². The molecule has 1 fully saturated rings. The van der Waals surface area contributed by atoms with Crippen molar-refractivity contribution in [3.63, 3.8) is 0 Å². The number of hydrogen-bond donors (Lipinski definition) is 1. The average molecular weight is 408 g/mol. The highest BCUT2D eigenvalue weighted by atomic mass is 32.2. The molecule has 9 heteroatoms. The van der Waals surface area contributed by atoms with Gasteiger partial charge in [-0.15, -0.1) is 0 Å². The molecular formula is C19H21FN2O5S. The van der Waals surface area contributed by atoms with Crippen LogP contribution in [0.4, 0.5) is 4.39 Å². The minimum atomic E-state index is -3.82. The lowest BCUT2D eigenvalue weighted by molar-refractivity contribution is 0.0730. The zero-order valence-corrected chi connectivity index (χ0v) is 16.2. The second kappa shape index (κ2) is 8.68. The molecule has 1 amide bonds. The number of carbonyl (C=O) groups excluding carboxylic acids is 1. The normalized spacial score (nSPS) is 15.2. The lowest BCUT2D eigenvalue weighted by Crippen LogP contribution is -2.40. The van der Waals surface area contributed by atoms with Gasteiger partial charge in [0, 0.05) is 19.6 Å². The lowest BCUT2D eigenvalue weighted by atomic mass is 10.1. The van der Waals surface area contributed by atoms with Crippen molar-refractivity contribution in [2.45, 2.75) is 11.4 Å². The van der Waals surface area contributed by atoms with Crippen LogP contribution in [0, 0.1) is 5.82 Å². The third-order valence-electron chi connectivity index (χ3n) is 4.38. The maximum Gasteiger partial charge on any atom is 0.254 e. The molecule has 0 aromatic heterocycles. The molecule has 0 spiro atoms. The van der Waals surface area contributed by atoms with E-state index < -0.39 is 21.7 Å². The topological polar surface area (TPSA) is 84.9 Å². The van der Waals surface area contributed by atoms with E-state index in [0.29, 0.717) is 19.0 Å². The summed E-state index contributed by atoms with van der Waals surface area (Å²) < 4.78 is 51.2. The number of rotatable bonds is 6. The van der Waals surface area contributed by atoms with E-state index in [9.17, 15) is 17.6 Å². The van der Waals surface area contributed by atoms with Crippen LogP contribution in [0.5, 0.6) is 5.75 Å². The van der Waals surface area contributed by atoms with Gasteiger partial charge >= 0.3 is 0 Å². The number of amides is 1. The van der Waals surface area contributed by atoms with Crippen molar-refractivity contribution in [1.29, 1.82) is 0 Å². The highest BCUT2D eigenvalue weighted by molar-refractivity contribution is 7.89. The molecule has 28 heavy (non-hydrogen) atoms. The van der Waals surface area contributed by atoms with Crippen molar-refractivity contribution in [1.82, 2.24) is 9.62 Å². The van der Waals surface area contributed by atoms with Crippen LogP contribution in [-0.2, 0) is 21.3 Å². The van der Waals surface area contributed by atoms with Crippen molar-refractivity contribution >= 4 is 15.9 Å². The zero-order valence-electron chi connectivity index (χ0n) is 15.4. The Bertz CT molecular complexity index is 959. The van der Waals surface area contributed by atoms with Crippen LogP contribution >= 0.6 is 0 Å². The summed E-state index contributed by atoms with van der Waals surface area (Å²) in [6, 6.07) is 10.3. The van der Waals surface area contributed by atoms with Crippen molar-refractivity contribution in [3.8, 4) is 5.75 Å². The van der Waals surface area contributed by atoms with E-state index in [2.05, 4.69) is 5.32 Å². The van der Waals surface area contributed by atoms with Gasteiger partial charge in [0.25, 0.3) is 5.91 Å². The molecular weight excluding hydrogens is 387 g/mol. The maximum absolute atomic E-state index is 14.2. The number of nitrogens with one attached hydrogen (secondary N) is 1. The first-order valence-electron chi connectivity index (χ1n) is 8.70. The Morgan fingerprint density at radius 3 is 2.68 bits per heavy atom. The molecule has 1 heterocycles. The molecule has 0 saturated carbocycles. The molecule has 0 aliphatic carbocycles. The van der Waals surface area contributed by atoms with Gasteiger partial charge in [0.2, 0.25) is 10.0 Å². The largest absolute Gasteiger partial charge is 0.497 e. The summed E-state index contributed by atoms with van der Waals surface area (Å²) in [5.41, 5.74) is 0.447. The number of hydrogen-bond acceptors (Lipinski definition) is 5. The highest BCUT2D eigenvalue weighted by Gasteiger charge is 2.27. The number of halogens is 1. The molecule has 1 saturated heterocycles. The van der Waals surface area contributed by atoms with Crippen molar-refractivity contribution in [3.05, 3.63) is 59.4 Å². The van der Waals surface area contributed by atoms with Crippen molar-refractivity contribution in [2.24, 2.45) is 0 Å². The van der Waals surface area contributed by atoms with Crippen LogP contribution in [0.3, 0.4) is 0 Å². The predicted molar refractivity (Wildman–Crippen MR) is 100 cm³/mol. The Balaban J connectivity index is 1.77. The van der Waals surface area contributed by atoms with Crippen LogP contribution in [0.15, 0.2) is 47.4 Å². The third-order valence-corrected chi connectivity index (χ3v) is 6.27. The van der Waals surface area contributed by atoms with E-state index in [0.717, 1.165) is 17.7 Å². The molecule has 1 aliphatic rings. The van der Waals surface area contributed by atoms with E-state index in [1.807, 2.05) is 0 Å². The SMILES string of the molecule is COc1cccc(CNC(=O)c2cc(S(=O)(=O)N3CCOCC3)ccc2F)c1. The van der Waals surface area contributed by atoms with Crippen molar-refractivity contribution < 1.29 is 27.1 Å². The number of sulfonamides is 1. The number of ether oxygens (including phenoxy) is 2. The molecule has 0 unspecified atom stereocenters. The fourth-order valence-corrected chi connectivity index (χ4v) is 4.27. The van der Waals surface area contributed by atoms with Gasteiger partial charge in [0.15, 0.2) is 0 Å². The monoisotopic (exact) mass is 408 g/mol. The lowest BCUT2D eigenvalue weighted by Gasteiger charge is -2.26. The van der Waals surface area contributed by atoms with Gasteiger partial charge in [-0.05, 0) is 35.9 Å². The summed E-state index contributed by atoms with van der Waals surface area (Å²) >= 11 is 0. The smallest absolute Gasteiger partial charge is 0.254 e. The Kier molecular flexibility index (Phi) is 6.28. The molecule has 2 aromatic rings. The van der Waals surface area contributed by atoms with Gasteiger partial charge in [-0.1, -0.05) is 12.1 Å². The summed E-state index contributed by atoms with van der Waals surface area (Å²) in [5, 5.41) is 2.60. The van der Waals surface area contributed by atoms with E-state index in [-0.39, 0.29) is 30.1 Å². The minimum Gasteiger partial charge on any atom is -0.497 e. The molecule has 0 radical (unpaired) electrons. The molecule has 0 atom stereocenters. The highest BCUT2D eigenvalue weighted by Crippen LogP contribution is 2.20. The minimum absolute atomic E-state index is 0.123. The van der Waals surface area contributed by atoms with Crippen LogP contribution < -0.4 is 10.1 Å². The van der Waals surface area contributed by atoms with Crippen molar-refractivity contribution in [2.75, 3.05) is 33.4 Å². The van der Waals surface area contributed by atoms with Gasteiger partial charge in [0.1, 0.15) is 11.6 Å². The number of benzene rings is 2. The van der Waals surface area contributed by atoms with E-state index in [1.54, 1.807) is 24.3 Å². The quantitative estimate of drug-likeness (QED) is 0.788. The van der Waals surface area contributed by atoms with E-state index in [1.165, 1.54) is 17.5 Å². The first-order valence-corrected chi connectivity index (χ1v) is 10.1. The summed E-state index contributed by atoms with van der Waals surface area (Å²) in [4.78, 5) is 12.3. The summed E-state index contributed by atoms with van der Waals surface area (Å²) in [6.45, 7) is 1.19. The Hall–Kier alpha value is -2.49. The van der Waals surface area contributed by atoms with Gasteiger partial charge in [0.05, 0.1) is 30.8 Å². The molecule has 2 aromatic carbocycles. The fraction of sp³-hybridized carbons (Fsp3) is 0.316. The summed E-state index contributed by atoms with van der Waals surface area (Å²) in [7, 11) is -2.29. The maximum atomic E-state index is 14.2. The number of methoxy groups -OCH3 is 1. The Labute approximate surface area is 163 Å². The molecule has 7 nitrogen and oxygen atoms in total. The summed E-state index contributed by atoms with van der Waals surface area (Å²) in [5.74, 6) is -0.847. The van der Waals surface area contributed by atoms with Crippen LogP contribution in [0.25, 0.3) is 0 Å². The molecule has 0 bridgehead atoms. The van der Waals surface area contributed by atoms with Gasteiger partial charge in [-0.25, -0.2) is 12.8 Å². The summed E-state index contributed by atoms with van der Waals surface area (Å²) in [6.07, 6.45) is 0. The average Bonchev–Trinajstić information content (AvgIpc) is 2.73. The number of morpholine rings is 1. The van der Waals surface area contributed by atoms with E-state index >= 15 is 0 Å². The second-order valence-electron chi connectivity index (χ2n) is 6.19. The Morgan fingerprint density at radius 2 is 1.96 bits per heavy atom. The van der Waals surface area contributed by atoms with E-state index in [4.69, 9.17) is 9.47 Å². The molecule has 150 valence electrons. The first-order chi connectivity index (χ1) is 13.4. The Morgan fingerprint density at radius 1 is 1.21 bits per heavy atom. The predicted octanol–water partition coefficient (Wildman–Crippen LogP) is 1.79. The second-order valence-corrected chi connectivity index (χ2v) is 8.13. The standard InChI is InChI=1S/C19H21FN2O5S/c1-26-15-4-2-3-14(11-15)13-21-19(23)17-12-16(5-6-18(17)20)28(24,25)22-7-9-27-10-8-22/h2-6,11-12H,7-10,13H2,1H3,(H,21,23). The van der Waals surface area contributed by atoms with Crippen LogP contribution in [0.1, 0.15) is 15.9 Å². The third kappa shape index (κ3) is 4.49. The van der Waals surface area contributed by atoms with Crippen LogP contribution in [0.2, 0.25) is 0 Å². The first kappa shape index (κ1) is 20.2. The van der Waals surface area contributed by atoms with Gasteiger partial charge in [-0.3, -0.25) is 4.79 Å². The molecule has 1 aliphatic heterocycles. The van der Waals surface area contributed by atoms with Gasteiger partial charge < -0.3 is 14.8 Å². The number of carbonyl (C=O) groups is 1. The fourth-order valence-electron chi connectivity index (χ4n) is 2.83. The molecule has 1 N–H and O–H groups in total. The molecule has 3 rings (SSSR count). The number of nitrogens with zero attached hydrogens (tertiary/aromatic N) is 1. The van der Waals surface area contributed by atoms with Gasteiger partial charge in [-0.2, -0.15) is 4.31 Å². The zero-order chi connectivity index (χ0) is 20.1.